The van der Waals surface area contributed by atoms with Crippen molar-refractivity contribution < 1.29 is 0 Å². The highest BCUT2D eigenvalue weighted by Gasteiger charge is 1.86. The average molecular weight is 359 g/mol. The summed E-state index contributed by atoms with van der Waals surface area (Å²) in [5, 5.41) is 8.20. The molecule has 0 unspecified atom stereocenters. The molecule has 0 saturated heterocycles. The third-order valence-electron chi connectivity index (χ3n) is 1.79. The van der Waals surface area contributed by atoms with Crippen LogP contribution in [0, 0.1) is 11.8 Å². The smallest absolute Gasteiger partial charge is 0.0857 e. The molecule has 0 fully saturated rings. The Balaban J connectivity index is -0.000000369. The van der Waals surface area contributed by atoms with E-state index in [1.807, 2.05) is 88.4 Å². The second-order valence-corrected chi connectivity index (χ2v) is 6.34. The summed E-state index contributed by atoms with van der Waals surface area (Å²) in [6.45, 7) is 21.0. The highest BCUT2D eigenvalue weighted by atomic mass is 15.1. The van der Waals surface area contributed by atoms with Crippen LogP contribution in [0.3, 0.4) is 0 Å². The topological polar surface area (TPSA) is 24.7 Å². The molecule has 26 heavy (non-hydrogen) atoms. The van der Waals surface area contributed by atoms with Crippen LogP contribution < -0.4 is 0 Å². The van der Waals surface area contributed by atoms with Gasteiger partial charge in [0.2, 0.25) is 0 Å². The second kappa shape index (κ2) is 23.0. The normalized spacial score (nSPS) is 8.92. The van der Waals surface area contributed by atoms with Crippen molar-refractivity contribution in [1.82, 2.24) is 0 Å². The van der Waals surface area contributed by atoms with Crippen molar-refractivity contribution in [2.24, 2.45) is 22.1 Å². The molecule has 0 saturated carbocycles. The van der Waals surface area contributed by atoms with Gasteiger partial charge < -0.3 is 0 Å². The first-order chi connectivity index (χ1) is 12.4. The van der Waals surface area contributed by atoms with Crippen LogP contribution in [-0.2, 0) is 0 Å². The molecule has 0 bridgehead atoms. The van der Waals surface area contributed by atoms with Gasteiger partial charge in [0.1, 0.15) is 0 Å². The van der Waals surface area contributed by atoms with Crippen molar-refractivity contribution in [2.75, 3.05) is 0 Å². The maximum atomic E-state index is 4.10. The van der Waals surface area contributed by atoms with Gasteiger partial charge in [-0.25, -0.2) is 0 Å². The van der Waals surface area contributed by atoms with E-state index in [0.29, 0.717) is 0 Å². The fourth-order valence-corrected chi connectivity index (χ4v) is 1.10. The van der Waals surface area contributed by atoms with Gasteiger partial charge in [-0.1, -0.05) is 106 Å². The van der Waals surface area contributed by atoms with Crippen molar-refractivity contribution in [3.63, 3.8) is 0 Å². The van der Waals surface area contributed by atoms with Crippen molar-refractivity contribution in [3.8, 4) is 0 Å². The highest BCUT2D eigenvalue weighted by molar-refractivity contribution is 5.39. The fourth-order valence-electron chi connectivity index (χ4n) is 1.10. The minimum atomic E-state index is 0.833. The number of nitrogens with zero attached hydrogens (tertiary/aromatic N) is 2. The maximum absolute atomic E-state index is 4.10. The van der Waals surface area contributed by atoms with Crippen LogP contribution >= 0.6 is 0 Å². The number of hydrogen-bond acceptors (Lipinski definition) is 2. The van der Waals surface area contributed by atoms with Crippen molar-refractivity contribution in [3.05, 3.63) is 60.7 Å². The number of hydrogen-bond donors (Lipinski definition) is 0. The van der Waals surface area contributed by atoms with E-state index >= 15 is 0 Å². The van der Waals surface area contributed by atoms with E-state index in [2.05, 4.69) is 51.8 Å². The van der Waals surface area contributed by atoms with Gasteiger partial charge in [-0.3, -0.25) is 0 Å². The zero-order valence-corrected chi connectivity index (χ0v) is 18.8. The molecule has 0 spiro atoms. The molecule has 0 N–H and O–H groups in total. The molecular formula is C24H42N2. The van der Waals surface area contributed by atoms with Crippen LogP contribution in [0.1, 0.15) is 69.2 Å². The lowest BCUT2D eigenvalue weighted by atomic mass is 10.3. The van der Waals surface area contributed by atoms with Gasteiger partial charge in [0.05, 0.1) is 11.4 Å². The quantitative estimate of drug-likeness (QED) is 0.477. The summed E-state index contributed by atoms with van der Waals surface area (Å²) in [5.41, 5.74) is 1.74. The predicted molar refractivity (Wildman–Crippen MR) is 121 cm³/mol. The highest BCUT2D eigenvalue weighted by Crippen LogP contribution is 2.16. The summed E-state index contributed by atoms with van der Waals surface area (Å²) < 4.78 is 0. The molecule has 2 rings (SSSR count). The van der Waals surface area contributed by atoms with E-state index in [4.69, 9.17) is 0 Å². The van der Waals surface area contributed by atoms with Crippen molar-refractivity contribution in [2.45, 2.75) is 69.2 Å². The second-order valence-electron chi connectivity index (χ2n) is 6.34. The fraction of sp³-hybridized carbons (Fsp3) is 0.500. The standard InChI is InChI=1S/C12H10N2.2C4H10.2C2H6/c1-3-7-11(8-4-1)13-14-12-9-5-2-6-10-12;2*1-4(2)3;2*1-2/h1-10H;2*4H,1-3H3;2*1-2H3. The molecule has 2 aromatic carbocycles. The number of benzene rings is 2. The molecule has 148 valence electrons. The zero-order chi connectivity index (χ0) is 20.8. The molecule has 0 aliphatic rings. The third kappa shape index (κ3) is 26.9. The van der Waals surface area contributed by atoms with E-state index in [1.165, 1.54) is 0 Å². The largest absolute Gasteiger partial charge is 0.151 e. The molecule has 2 nitrogen and oxygen atoms in total. The summed E-state index contributed by atoms with van der Waals surface area (Å²) in [6.07, 6.45) is 0. The Hall–Kier alpha value is -1.96. The molecule has 2 aromatic rings. The number of rotatable bonds is 2. The van der Waals surface area contributed by atoms with E-state index in [9.17, 15) is 0 Å². The van der Waals surface area contributed by atoms with E-state index < -0.39 is 0 Å². The van der Waals surface area contributed by atoms with Crippen molar-refractivity contribution >= 4 is 11.4 Å². The lowest BCUT2D eigenvalue weighted by Gasteiger charge is -1.91. The van der Waals surface area contributed by atoms with E-state index in [-0.39, 0.29) is 0 Å². The Bertz CT molecular complexity index is 435. The van der Waals surface area contributed by atoms with Gasteiger partial charge in [-0.15, -0.1) is 0 Å². The van der Waals surface area contributed by atoms with Crippen LogP contribution in [0.4, 0.5) is 11.4 Å². The molecule has 0 radical (unpaired) electrons. The van der Waals surface area contributed by atoms with Gasteiger partial charge in [0.15, 0.2) is 0 Å². The van der Waals surface area contributed by atoms with Crippen LogP contribution in [0.2, 0.25) is 0 Å². The number of azo groups is 1. The molecule has 0 aromatic heterocycles. The first-order valence-electron chi connectivity index (χ1n) is 9.93. The summed E-state index contributed by atoms with van der Waals surface area (Å²) in [6, 6.07) is 19.4. The molecule has 0 heterocycles. The SMILES string of the molecule is CC.CC.CC(C)C.CC(C)C.c1ccc(N=Nc2ccccc2)cc1. The lowest BCUT2D eigenvalue weighted by Crippen LogP contribution is -1.66. The Morgan fingerprint density at radius 1 is 0.462 bits per heavy atom. The monoisotopic (exact) mass is 358 g/mol. The molecule has 2 heteroatoms. The maximum Gasteiger partial charge on any atom is 0.0857 e. The summed E-state index contributed by atoms with van der Waals surface area (Å²) in [5.74, 6) is 1.67. The predicted octanol–water partition coefficient (Wildman–Crippen LogP) is 9.48. The molecule has 0 atom stereocenters. The zero-order valence-electron chi connectivity index (χ0n) is 18.8. The molecule has 0 amide bonds. The summed E-state index contributed by atoms with van der Waals surface area (Å²) >= 11 is 0. The van der Waals surface area contributed by atoms with Gasteiger partial charge in [0.25, 0.3) is 0 Å². The Labute approximate surface area is 163 Å². The van der Waals surface area contributed by atoms with Crippen LogP contribution in [0.5, 0.6) is 0 Å². The van der Waals surface area contributed by atoms with Gasteiger partial charge in [-0.05, 0) is 36.1 Å². The van der Waals surface area contributed by atoms with E-state index in [1.54, 1.807) is 0 Å². The van der Waals surface area contributed by atoms with Gasteiger partial charge in [-0.2, -0.15) is 10.2 Å². The third-order valence-corrected chi connectivity index (χ3v) is 1.79. The summed E-state index contributed by atoms with van der Waals surface area (Å²) in [4.78, 5) is 0. The minimum Gasteiger partial charge on any atom is -0.151 e. The van der Waals surface area contributed by atoms with Crippen LogP contribution in [0.15, 0.2) is 70.9 Å². The first-order valence-corrected chi connectivity index (χ1v) is 9.93. The Kier molecular flexibility index (Phi) is 25.5. The van der Waals surface area contributed by atoms with Gasteiger partial charge in [0, 0.05) is 0 Å². The van der Waals surface area contributed by atoms with Crippen LogP contribution in [0.25, 0.3) is 0 Å². The molecule has 0 aliphatic carbocycles. The Morgan fingerprint density at radius 3 is 0.846 bits per heavy atom. The Morgan fingerprint density at radius 2 is 0.654 bits per heavy atom. The van der Waals surface area contributed by atoms with E-state index in [0.717, 1.165) is 23.2 Å². The van der Waals surface area contributed by atoms with Crippen LogP contribution in [-0.4, -0.2) is 0 Å². The summed E-state index contributed by atoms with van der Waals surface area (Å²) in [7, 11) is 0. The van der Waals surface area contributed by atoms with Crippen molar-refractivity contribution in [1.29, 1.82) is 0 Å². The minimum absolute atomic E-state index is 0.833. The lowest BCUT2D eigenvalue weighted by molar-refractivity contribution is 0.736. The van der Waals surface area contributed by atoms with Gasteiger partial charge >= 0.3 is 0 Å². The first kappa shape index (κ1) is 28.8. The molecular weight excluding hydrogens is 316 g/mol. The molecule has 0 aliphatic heterocycles. The average Bonchev–Trinajstić information content (AvgIpc) is 2.64.